The monoisotopic (exact) mass is 443 g/mol. The number of benzene rings is 2. The van der Waals surface area contributed by atoms with E-state index >= 15 is 0 Å². The number of nitrogens with zero attached hydrogens (tertiary/aromatic N) is 3. The van der Waals surface area contributed by atoms with Gasteiger partial charge in [0.05, 0.1) is 22.6 Å². The summed E-state index contributed by atoms with van der Waals surface area (Å²) >= 11 is 0. The minimum Gasteiger partial charge on any atom is -0.334 e. The Labute approximate surface area is 188 Å². The molecule has 0 radical (unpaired) electrons. The van der Waals surface area contributed by atoms with Crippen molar-refractivity contribution in [1.82, 2.24) is 20.2 Å². The van der Waals surface area contributed by atoms with Crippen LogP contribution in [0.1, 0.15) is 37.7 Å². The van der Waals surface area contributed by atoms with Crippen LogP contribution in [0, 0.1) is 0 Å². The minimum absolute atomic E-state index is 0.0486. The predicted octanol–water partition coefficient (Wildman–Crippen LogP) is 1.22. The first kappa shape index (κ1) is 19.0. The Morgan fingerprint density at radius 3 is 2.70 bits per heavy atom. The molecule has 5 aliphatic heterocycles. The second-order valence-electron chi connectivity index (χ2n) is 9.38. The summed E-state index contributed by atoms with van der Waals surface area (Å²) in [5.74, 6) is 0.0165. The van der Waals surface area contributed by atoms with Crippen molar-refractivity contribution in [2.75, 3.05) is 4.90 Å². The molecule has 2 N–H and O–H groups in total. The lowest BCUT2D eigenvalue weighted by molar-refractivity contribution is -0.180. The van der Waals surface area contributed by atoms with E-state index in [9.17, 15) is 14.4 Å². The largest absolute Gasteiger partial charge is 0.334 e. The number of anilines is 1. The van der Waals surface area contributed by atoms with Gasteiger partial charge in [0.15, 0.2) is 11.5 Å². The van der Waals surface area contributed by atoms with Gasteiger partial charge in [0.2, 0.25) is 11.8 Å². The highest BCUT2D eigenvalue weighted by Crippen LogP contribution is 2.56. The summed E-state index contributed by atoms with van der Waals surface area (Å²) in [5.41, 5.74) is -0.563. The summed E-state index contributed by atoms with van der Waals surface area (Å²) in [6.45, 7) is 3.55. The molecule has 2 amide bonds. The number of rotatable bonds is 0. The van der Waals surface area contributed by atoms with Crippen LogP contribution in [0.25, 0.3) is 10.9 Å². The first-order valence-corrected chi connectivity index (χ1v) is 11.1. The van der Waals surface area contributed by atoms with Gasteiger partial charge in [0, 0.05) is 12.0 Å². The molecule has 0 saturated carbocycles. The highest BCUT2D eigenvalue weighted by molar-refractivity contribution is 6.02. The number of hydrogen-bond donors (Lipinski definition) is 2. The van der Waals surface area contributed by atoms with Crippen molar-refractivity contribution >= 4 is 28.4 Å². The smallest absolute Gasteiger partial charge is 0.262 e. The summed E-state index contributed by atoms with van der Waals surface area (Å²) in [4.78, 5) is 46.5. The summed E-state index contributed by atoms with van der Waals surface area (Å²) in [7, 11) is 0. The number of fused-ring (bicyclic) bond motifs is 5. The highest BCUT2D eigenvalue weighted by atomic mass is 16.5. The van der Waals surface area contributed by atoms with Gasteiger partial charge < -0.3 is 10.1 Å². The molecule has 5 atom stereocenters. The maximum atomic E-state index is 13.6. The fourth-order valence-corrected chi connectivity index (χ4v) is 6.05. The van der Waals surface area contributed by atoms with Crippen molar-refractivity contribution in [2.24, 2.45) is 0 Å². The molecule has 6 heterocycles. The van der Waals surface area contributed by atoms with Gasteiger partial charge in [-0.15, -0.1) is 0 Å². The van der Waals surface area contributed by atoms with Gasteiger partial charge in [-0.2, -0.15) is 0 Å². The normalized spacial score (nSPS) is 33.8. The molecule has 33 heavy (non-hydrogen) atoms. The molecular weight excluding hydrogens is 422 g/mol. The van der Waals surface area contributed by atoms with Crippen LogP contribution in [-0.2, 0) is 25.7 Å². The number of carbonyl (C=O) groups excluding carboxylic acids is 2. The Bertz CT molecular complexity index is 1470. The topological polar surface area (TPSA) is 106 Å². The number of ether oxygens (including phenoxy) is 1. The van der Waals surface area contributed by atoms with E-state index in [0.717, 1.165) is 11.3 Å². The van der Waals surface area contributed by atoms with E-state index in [4.69, 9.17) is 9.72 Å². The van der Waals surface area contributed by atoms with Crippen LogP contribution < -0.4 is 21.1 Å². The quantitative estimate of drug-likeness (QED) is 0.541. The van der Waals surface area contributed by atoms with Crippen LogP contribution in [-0.4, -0.2) is 33.6 Å². The van der Waals surface area contributed by atoms with E-state index in [-0.39, 0.29) is 23.8 Å². The van der Waals surface area contributed by atoms with Crippen LogP contribution in [0.5, 0.6) is 0 Å². The van der Waals surface area contributed by atoms with Crippen molar-refractivity contribution in [1.29, 1.82) is 0 Å². The molecule has 1 spiro atoms. The lowest BCUT2D eigenvalue weighted by atomic mass is 9.86. The predicted molar refractivity (Wildman–Crippen MR) is 118 cm³/mol. The first-order chi connectivity index (χ1) is 15.8. The molecule has 9 heteroatoms. The van der Waals surface area contributed by atoms with Gasteiger partial charge in [-0.3, -0.25) is 29.2 Å². The molecule has 2 bridgehead atoms. The maximum Gasteiger partial charge on any atom is 0.262 e. The Kier molecular flexibility index (Phi) is 3.37. The third kappa shape index (κ3) is 2.14. The first-order valence-electron chi connectivity index (χ1n) is 11.1. The van der Waals surface area contributed by atoms with Crippen molar-refractivity contribution in [3.8, 4) is 0 Å². The number of hydrogen-bond acceptors (Lipinski definition) is 6. The lowest BCUT2D eigenvalue weighted by Crippen LogP contribution is -2.57. The molecule has 2 aromatic carbocycles. The molecule has 9 nitrogen and oxygen atoms in total. The van der Waals surface area contributed by atoms with E-state index in [2.05, 4.69) is 10.6 Å². The Balaban J connectivity index is 1.52. The van der Waals surface area contributed by atoms with E-state index < -0.39 is 29.6 Å². The van der Waals surface area contributed by atoms with Crippen molar-refractivity contribution in [3.63, 3.8) is 0 Å². The van der Waals surface area contributed by atoms with Gasteiger partial charge in [-0.05, 0) is 32.0 Å². The minimum atomic E-state index is -1.37. The van der Waals surface area contributed by atoms with E-state index in [1.54, 1.807) is 30.0 Å². The molecule has 166 valence electrons. The number of para-hydroxylation sites is 2. The average Bonchev–Trinajstić information content (AvgIpc) is 3.13. The number of carbonyl (C=O) groups is 2. The third-order valence-corrected chi connectivity index (χ3v) is 7.43. The van der Waals surface area contributed by atoms with Crippen LogP contribution in [0.15, 0.2) is 53.3 Å². The highest BCUT2D eigenvalue weighted by Gasteiger charge is 2.65. The molecule has 2 saturated heterocycles. The zero-order valence-electron chi connectivity index (χ0n) is 18.0. The fraction of sp³-hybridized carbons (Fsp3) is 0.333. The van der Waals surface area contributed by atoms with Crippen molar-refractivity contribution in [3.05, 3.63) is 70.3 Å². The molecule has 2 fully saturated rings. The maximum absolute atomic E-state index is 13.6. The standard InChI is InChI=1S/C24H21N5O4/c1-12-19(31)28-16-10-6-4-8-14(16)24(22(28)25-12)11-17-18(30)27-23(2,33-24)21-26-15-9-5-3-7-13(15)20(32)29(17)21/h3-10,12,17,22,25H,11H2,1-2H3,(H,27,30)/t12-,17-,22+,23-,24-/m0/s1. The van der Waals surface area contributed by atoms with Crippen LogP contribution >= 0.6 is 0 Å². The Morgan fingerprint density at radius 2 is 1.85 bits per heavy atom. The molecule has 0 unspecified atom stereocenters. The third-order valence-electron chi connectivity index (χ3n) is 7.43. The molecule has 1 aromatic heterocycles. The van der Waals surface area contributed by atoms with E-state index in [1.807, 2.05) is 37.3 Å². The molecular formula is C24H21N5O4. The van der Waals surface area contributed by atoms with Gasteiger partial charge in [-0.25, -0.2) is 4.98 Å². The molecule has 8 rings (SSSR count). The number of aromatic nitrogens is 2. The van der Waals surface area contributed by atoms with Crippen molar-refractivity contribution in [2.45, 2.75) is 49.8 Å². The van der Waals surface area contributed by atoms with E-state index in [0.29, 0.717) is 16.7 Å². The number of amides is 2. The van der Waals surface area contributed by atoms with Gasteiger partial charge in [-0.1, -0.05) is 30.3 Å². The van der Waals surface area contributed by atoms with Gasteiger partial charge in [0.25, 0.3) is 5.56 Å². The zero-order chi connectivity index (χ0) is 22.7. The summed E-state index contributed by atoms with van der Waals surface area (Å²) < 4.78 is 8.35. The zero-order valence-corrected chi connectivity index (χ0v) is 18.0. The second-order valence-corrected chi connectivity index (χ2v) is 9.38. The summed E-state index contributed by atoms with van der Waals surface area (Å²) in [6, 6.07) is 13.5. The van der Waals surface area contributed by atoms with Crippen LogP contribution in [0.4, 0.5) is 5.69 Å². The lowest BCUT2D eigenvalue weighted by Gasteiger charge is -2.40. The second kappa shape index (κ2) is 5.86. The van der Waals surface area contributed by atoms with Gasteiger partial charge in [0.1, 0.15) is 17.8 Å². The SMILES string of the molecule is C[C@@H]1N[C@@H]2N(C1=O)c1ccccc1[C@@]21C[C@H]2C(=O)N[C@@](C)(O1)c1nc3ccccc3c(=O)n12. The number of nitrogens with one attached hydrogen (secondary N) is 2. The molecule has 5 aliphatic rings. The average molecular weight is 443 g/mol. The van der Waals surface area contributed by atoms with Crippen LogP contribution in [0.2, 0.25) is 0 Å². The van der Waals surface area contributed by atoms with Crippen LogP contribution in [0.3, 0.4) is 0 Å². The molecule has 3 aromatic rings. The summed E-state index contributed by atoms with van der Waals surface area (Å²) in [5, 5.41) is 6.81. The van der Waals surface area contributed by atoms with Gasteiger partial charge >= 0.3 is 0 Å². The molecule has 0 aliphatic carbocycles. The Hall–Kier alpha value is -3.56. The van der Waals surface area contributed by atoms with Crippen molar-refractivity contribution < 1.29 is 14.3 Å². The van der Waals surface area contributed by atoms with E-state index in [1.165, 1.54) is 4.57 Å². The fourth-order valence-electron chi connectivity index (χ4n) is 6.05. The summed E-state index contributed by atoms with van der Waals surface area (Å²) in [6.07, 6.45) is -0.321. The Morgan fingerprint density at radius 1 is 1.09 bits per heavy atom.